The van der Waals surface area contributed by atoms with Crippen molar-refractivity contribution >= 4 is 5.91 Å². The molecule has 3 rings (SSSR count). The first-order valence-corrected chi connectivity index (χ1v) is 8.44. The van der Waals surface area contributed by atoms with Gasteiger partial charge in [0.05, 0.1) is 18.8 Å². The van der Waals surface area contributed by atoms with E-state index >= 15 is 0 Å². The first kappa shape index (κ1) is 15.5. The van der Waals surface area contributed by atoms with Gasteiger partial charge in [0, 0.05) is 25.6 Å². The minimum absolute atomic E-state index is 0.102. The molecule has 4 heteroatoms. The molecule has 2 aliphatic rings. The van der Waals surface area contributed by atoms with Gasteiger partial charge in [-0.25, -0.2) is 0 Å². The van der Waals surface area contributed by atoms with Gasteiger partial charge in [-0.15, -0.1) is 0 Å². The minimum atomic E-state index is 0.102. The Morgan fingerprint density at radius 1 is 1.36 bits per heavy atom. The van der Waals surface area contributed by atoms with Crippen molar-refractivity contribution in [1.82, 2.24) is 10.2 Å². The summed E-state index contributed by atoms with van der Waals surface area (Å²) in [5.41, 5.74) is 1.33. The summed E-state index contributed by atoms with van der Waals surface area (Å²) in [6, 6.07) is 10.7. The highest BCUT2D eigenvalue weighted by atomic mass is 16.5. The van der Waals surface area contributed by atoms with E-state index in [1.54, 1.807) is 0 Å². The van der Waals surface area contributed by atoms with Crippen molar-refractivity contribution in [2.75, 3.05) is 19.7 Å². The largest absolute Gasteiger partial charge is 0.373 e. The molecule has 0 spiro atoms. The molecule has 4 nitrogen and oxygen atoms in total. The zero-order valence-corrected chi connectivity index (χ0v) is 13.3. The molecule has 1 aromatic carbocycles. The number of hydrogen-bond donors (Lipinski definition) is 1. The molecule has 2 fully saturated rings. The van der Waals surface area contributed by atoms with Crippen molar-refractivity contribution in [2.24, 2.45) is 5.92 Å². The average molecular weight is 302 g/mol. The molecule has 1 aromatic rings. The summed E-state index contributed by atoms with van der Waals surface area (Å²) in [6.45, 7) is 5.66. The zero-order valence-electron chi connectivity index (χ0n) is 13.3. The number of amides is 1. The Balaban J connectivity index is 1.55. The molecule has 1 saturated carbocycles. The number of nitrogens with one attached hydrogen (secondary N) is 1. The molecule has 1 aliphatic carbocycles. The van der Waals surface area contributed by atoms with Gasteiger partial charge in [-0.2, -0.15) is 0 Å². The van der Waals surface area contributed by atoms with Gasteiger partial charge in [0.25, 0.3) is 0 Å². The molecular weight excluding hydrogens is 276 g/mol. The molecule has 22 heavy (non-hydrogen) atoms. The summed E-state index contributed by atoms with van der Waals surface area (Å²) >= 11 is 0. The summed E-state index contributed by atoms with van der Waals surface area (Å²) in [5, 5.41) is 3.19. The van der Waals surface area contributed by atoms with Crippen molar-refractivity contribution in [3.8, 4) is 0 Å². The van der Waals surface area contributed by atoms with Crippen LogP contribution in [-0.2, 0) is 16.1 Å². The predicted molar refractivity (Wildman–Crippen MR) is 86.4 cm³/mol. The number of ether oxygens (including phenoxy) is 1. The van der Waals surface area contributed by atoms with Crippen LogP contribution in [0, 0.1) is 5.92 Å². The minimum Gasteiger partial charge on any atom is -0.373 e. The van der Waals surface area contributed by atoms with Crippen LogP contribution in [0.3, 0.4) is 0 Å². The smallest absolute Gasteiger partial charge is 0.223 e. The highest BCUT2D eigenvalue weighted by Gasteiger charge is 2.34. The van der Waals surface area contributed by atoms with Crippen LogP contribution in [0.2, 0.25) is 0 Å². The number of carbonyl (C=O) groups is 1. The zero-order chi connectivity index (χ0) is 15.4. The second kappa shape index (κ2) is 7.25. The van der Waals surface area contributed by atoms with Crippen LogP contribution in [0.15, 0.2) is 30.3 Å². The molecular formula is C18H26N2O2. The first-order chi connectivity index (χ1) is 10.8. The highest BCUT2D eigenvalue weighted by molar-refractivity contribution is 5.81. The molecule has 0 unspecified atom stereocenters. The third-order valence-corrected chi connectivity index (χ3v) is 4.59. The van der Waals surface area contributed by atoms with E-state index in [1.807, 2.05) is 6.07 Å². The topological polar surface area (TPSA) is 41.6 Å². The van der Waals surface area contributed by atoms with Gasteiger partial charge in [0.1, 0.15) is 0 Å². The van der Waals surface area contributed by atoms with E-state index in [2.05, 4.69) is 41.4 Å². The van der Waals surface area contributed by atoms with Crippen LogP contribution in [0.4, 0.5) is 0 Å². The summed E-state index contributed by atoms with van der Waals surface area (Å²) < 4.78 is 5.94. The second-order valence-electron chi connectivity index (χ2n) is 6.43. The van der Waals surface area contributed by atoms with E-state index in [1.165, 1.54) is 5.56 Å². The molecule has 1 N–H and O–H groups in total. The van der Waals surface area contributed by atoms with E-state index < -0.39 is 0 Å². The third kappa shape index (κ3) is 4.08. The number of rotatable bonds is 6. The van der Waals surface area contributed by atoms with Crippen LogP contribution in [0.1, 0.15) is 31.7 Å². The van der Waals surface area contributed by atoms with E-state index in [0.717, 1.165) is 45.5 Å². The molecule has 0 bridgehead atoms. The van der Waals surface area contributed by atoms with Gasteiger partial charge in [-0.05, 0) is 24.8 Å². The molecule has 120 valence electrons. The van der Waals surface area contributed by atoms with Crippen molar-refractivity contribution in [3.05, 3.63) is 35.9 Å². The molecule has 1 amide bonds. The van der Waals surface area contributed by atoms with Crippen LogP contribution >= 0.6 is 0 Å². The summed E-state index contributed by atoms with van der Waals surface area (Å²) in [5.74, 6) is 0.480. The predicted octanol–water partition coefficient (Wildman–Crippen LogP) is 2.19. The van der Waals surface area contributed by atoms with Crippen molar-refractivity contribution < 1.29 is 9.53 Å². The molecule has 2 atom stereocenters. The lowest BCUT2D eigenvalue weighted by Gasteiger charge is -2.37. The number of carbonyl (C=O) groups excluding carboxylic acids is 1. The Morgan fingerprint density at radius 3 is 2.82 bits per heavy atom. The summed E-state index contributed by atoms with van der Waals surface area (Å²) in [4.78, 5) is 14.4. The molecule has 1 aliphatic heterocycles. The summed E-state index contributed by atoms with van der Waals surface area (Å²) in [7, 11) is 0. The number of benzene rings is 1. The Kier molecular flexibility index (Phi) is 5.11. The molecule has 0 aromatic heterocycles. The van der Waals surface area contributed by atoms with Gasteiger partial charge in [-0.1, -0.05) is 37.3 Å². The first-order valence-electron chi connectivity index (χ1n) is 8.44. The molecule has 1 saturated heterocycles. The Morgan fingerprint density at radius 2 is 2.14 bits per heavy atom. The maximum absolute atomic E-state index is 12.0. The van der Waals surface area contributed by atoms with Crippen LogP contribution < -0.4 is 5.32 Å². The average Bonchev–Trinajstić information content (AvgIpc) is 3.38. The van der Waals surface area contributed by atoms with Gasteiger partial charge in [0.15, 0.2) is 0 Å². The van der Waals surface area contributed by atoms with Gasteiger partial charge >= 0.3 is 0 Å². The Bertz CT molecular complexity index is 487. The van der Waals surface area contributed by atoms with Gasteiger partial charge < -0.3 is 10.1 Å². The van der Waals surface area contributed by atoms with Crippen molar-refractivity contribution in [1.29, 1.82) is 0 Å². The lowest BCUT2D eigenvalue weighted by molar-refractivity contribution is -0.125. The lowest BCUT2D eigenvalue weighted by Crippen LogP contribution is -2.53. The van der Waals surface area contributed by atoms with E-state index in [-0.39, 0.29) is 24.0 Å². The fourth-order valence-corrected chi connectivity index (χ4v) is 3.06. The number of morpholine rings is 1. The molecule has 0 radical (unpaired) electrons. The van der Waals surface area contributed by atoms with Crippen LogP contribution in [0.25, 0.3) is 0 Å². The molecule has 1 heterocycles. The maximum atomic E-state index is 12.0. The van der Waals surface area contributed by atoms with E-state index in [0.29, 0.717) is 0 Å². The van der Waals surface area contributed by atoms with Crippen molar-refractivity contribution in [3.63, 3.8) is 0 Å². The van der Waals surface area contributed by atoms with Crippen LogP contribution in [0.5, 0.6) is 0 Å². The SMILES string of the molecule is CC[C@H](NC(=O)C1CC1)[C@H]1CN(Cc2ccccc2)CCO1. The maximum Gasteiger partial charge on any atom is 0.223 e. The van der Waals surface area contributed by atoms with E-state index in [4.69, 9.17) is 4.74 Å². The normalized spacial score (nSPS) is 24.0. The fraction of sp³-hybridized carbons (Fsp3) is 0.611. The van der Waals surface area contributed by atoms with Crippen molar-refractivity contribution in [2.45, 2.75) is 44.9 Å². The third-order valence-electron chi connectivity index (χ3n) is 4.59. The van der Waals surface area contributed by atoms with Gasteiger partial charge in [0.2, 0.25) is 5.91 Å². The monoisotopic (exact) mass is 302 g/mol. The standard InChI is InChI=1S/C18H26N2O2/c1-2-16(19-18(21)15-8-9-15)17-13-20(10-11-22-17)12-14-6-4-3-5-7-14/h3-7,15-17H,2,8-13H2,1H3,(H,19,21)/t16-,17+/m0/s1. The van der Waals surface area contributed by atoms with Gasteiger partial charge in [-0.3, -0.25) is 9.69 Å². The fourth-order valence-electron chi connectivity index (χ4n) is 3.06. The summed E-state index contributed by atoms with van der Waals surface area (Å²) in [6.07, 6.45) is 3.12. The highest BCUT2D eigenvalue weighted by Crippen LogP contribution is 2.29. The van der Waals surface area contributed by atoms with E-state index in [9.17, 15) is 4.79 Å². The quantitative estimate of drug-likeness (QED) is 0.876. The Labute approximate surface area is 132 Å². The lowest BCUT2D eigenvalue weighted by atomic mass is 10.1. The number of hydrogen-bond acceptors (Lipinski definition) is 3. The second-order valence-corrected chi connectivity index (χ2v) is 6.43. The number of nitrogens with zero attached hydrogens (tertiary/aromatic N) is 1. The Hall–Kier alpha value is -1.39. The van der Waals surface area contributed by atoms with Crippen LogP contribution in [-0.4, -0.2) is 42.6 Å².